The molecule has 1 unspecified atom stereocenters. The fourth-order valence-corrected chi connectivity index (χ4v) is 2.81. The molecule has 19 heavy (non-hydrogen) atoms. The molecule has 3 heteroatoms. The standard InChI is InChI=1S/C16H22FNO/c1-3-16(2,18-10-6-7-11-18)15(19)12-13-8-4-5-9-14(13)17/h4-5,8-9H,3,6-7,10-12H2,1-2H3. The minimum Gasteiger partial charge on any atom is -0.297 e. The number of carbonyl (C=O) groups is 1. The van der Waals surface area contributed by atoms with Crippen molar-refractivity contribution in [2.75, 3.05) is 13.1 Å². The third kappa shape index (κ3) is 2.86. The Morgan fingerprint density at radius 3 is 2.53 bits per heavy atom. The molecule has 0 spiro atoms. The highest BCUT2D eigenvalue weighted by molar-refractivity contribution is 5.89. The van der Waals surface area contributed by atoms with E-state index in [-0.39, 0.29) is 18.0 Å². The molecular weight excluding hydrogens is 241 g/mol. The SMILES string of the molecule is CCC(C)(C(=O)Cc1ccccc1F)N1CCCC1. The fourth-order valence-electron chi connectivity index (χ4n) is 2.81. The van der Waals surface area contributed by atoms with Gasteiger partial charge in [0.05, 0.1) is 5.54 Å². The van der Waals surface area contributed by atoms with Crippen molar-refractivity contribution in [1.29, 1.82) is 0 Å². The van der Waals surface area contributed by atoms with Crippen LogP contribution in [0.3, 0.4) is 0 Å². The second kappa shape index (κ2) is 5.83. The van der Waals surface area contributed by atoms with Crippen LogP contribution in [0.2, 0.25) is 0 Å². The normalized spacial score (nSPS) is 19.3. The molecule has 1 heterocycles. The summed E-state index contributed by atoms with van der Waals surface area (Å²) >= 11 is 0. The number of halogens is 1. The molecule has 2 rings (SSSR count). The van der Waals surface area contributed by atoms with E-state index in [1.54, 1.807) is 18.2 Å². The van der Waals surface area contributed by atoms with Gasteiger partial charge < -0.3 is 0 Å². The molecule has 2 nitrogen and oxygen atoms in total. The average molecular weight is 263 g/mol. The molecule has 0 aliphatic carbocycles. The van der Waals surface area contributed by atoms with Gasteiger partial charge in [0.25, 0.3) is 0 Å². The first-order valence-corrected chi connectivity index (χ1v) is 7.09. The number of nitrogens with zero attached hydrogens (tertiary/aromatic N) is 1. The van der Waals surface area contributed by atoms with Crippen LogP contribution in [0, 0.1) is 5.82 Å². The molecule has 0 saturated carbocycles. The van der Waals surface area contributed by atoms with E-state index >= 15 is 0 Å². The summed E-state index contributed by atoms with van der Waals surface area (Å²) in [5, 5.41) is 0. The summed E-state index contributed by atoms with van der Waals surface area (Å²) < 4.78 is 13.7. The summed E-state index contributed by atoms with van der Waals surface area (Å²) in [6, 6.07) is 6.56. The van der Waals surface area contributed by atoms with Crippen molar-refractivity contribution in [3.63, 3.8) is 0 Å². The van der Waals surface area contributed by atoms with E-state index in [2.05, 4.69) is 4.90 Å². The van der Waals surface area contributed by atoms with Crippen molar-refractivity contribution in [2.24, 2.45) is 0 Å². The highest BCUT2D eigenvalue weighted by Crippen LogP contribution is 2.27. The van der Waals surface area contributed by atoms with Gasteiger partial charge in [-0.15, -0.1) is 0 Å². The molecule has 1 aromatic carbocycles. The minimum absolute atomic E-state index is 0.127. The van der Waals surface area contributed by atoms with E-state index in [1.807, 2.05) is 13.8 Å². The van der Waals surface area contributed by atoms with E-state index in [0.717, 1.165) is 32.4 Å². The van der Waals surface area contributed by atoms with Crippen LogP contribution in [0.15, 0.2) is 24.3 Å². The Bertz CT molecular complexity index is 454. The molecule has 1 saturated heterocycles. The summed E-state index contributed by atoms with van der Waals surface area (Å²) in [4.78, 5) is 14.9. The van der Waals surface area contributed by atoms with E-state index < -0.39 is 5.54 Å². The van der Waals surface area contributed by atoms with Gasteiger partial charge in [0.2, 0.25) is 0 Å². The van der Waals surface area contributed by atoms with Crippen LogP contribution in [0.25, 0.3) is 0 Å². The van der Waals surface area contributed by atoms with Crippen LogP contribution in [-0.4, -0.2) is 29.3 Å². The van der Waals surface area contributed by atoms with Gasteiger partial charge in [0.1, 0.15) is 5.82 Å². The van der Waals surface area contributed by atoms with E-state index in [4.69, 9.17) is 0 Å². The molecule has 1 atom stereocenters. The molecule has 0 bridgehead atoms. The highest BCUT2D eigenvalue weighted by Gasteiger charge is 2.38. The van der Waals surface area contributed by atoms with Crippen LogP contribution in [0.5, 0.6) is 0 Å². The first-order valence-electron chi connectivity index (χ1n) is 7.09. The van der Waals surface area contributed by atoms with Crippen molar-refractivity contribution in [3.05, 3.63) is 35.6 Å². The van der Waals surface area contributed by atoms with Crippen molar-refractivity contribution in [3.8, 4) is 0 Å². The third-order valence-electron chi connectivity index (χ3n) is 4.40. The minimum atomic E-state index is -0.446. The van der Waals surface area contributed by atoms with E-state index in [1.165, 1.54) is 6.07 Å². The van der Waals surface area contributed by atoms with Crippen LogP contribution >= 0.6 is 0 Å². The first-order chi connectivity index (χ1) is 9.08. The Labute approximate surface area is 114 Å². The summed E-state index contributed by atoms with van der Waals surface area (Å²) in [6.45, 7) is 6.00. The second-order valence-electron chi connectivity index (χ2n) is 5.51. The molecule has 0 amide bonds. The number of hydrogen-bond donors (Lipinski definition) is 0. The van der Waals surface area contributed by atoms with Gasteiger partial charge in [-0.1, -0.05) is 25.1 Å². The molecule has 104 valence electrons. The van der Waals surface area contributed by atoms with Gasteiger partial charge in [-0.3, -0.25) is 9.69 Å². The second-order valence-corrected chi connectivity index (χ2v) is 5.51. The van der Waals surface area contributed by atoms with Crippen LogP contribution < -0.4 is 0 Å². The van der Waals surface area contributed by atoms with Gasteiger partial charge >= 0.3 is 0 Å². The lowest BCUT2D eigenvalue weighted by atomic mass is 9.87. The Kier molecular flexibility index (Phi) is 4.35. The average Bonchev–Trinajstić information content (AvgIpc) is 2.95. The summed E-state index contributed by atoms with van der Waals surface area (Å²) in [5.74, 6) is -0.155. The largest absolute Gasteiger partial charge is 0.297 e. The van der Waals surface area contributed by atoms with Gasteiger partial charge in [-0.25, -0.2) is 4.39 Å². The zero-order valence-electron chi connectivity index (χ0n) is 11.8. The monoisotopic (exact) mass is 263 g/mol. The summed E-state index contributed by atoms with van der Waals surface area (Å²) in [7, 11) is 0. The highest BCUT2D eigenvalue weighted by atomic mass is 19.1. The number of ketones is 1. The quantitative estimate of drug-likeness (QED) is 0.813. The molecule has 0 N–H and O–H groups in total. The number of hydrogen-bond acceptors (Lipinski definition) is 2. The van der Waals surface area contributed by atoms with Crippen molar-refractivity contribution < 1.29 is 9.18 Å². The molecule has 0 aromatic heterocycles. The van der Waals surface area contributed by atoms with Crippen LogP contribution in [0.1, 0.15) is 38.7 Å². The predicted octanol–water partition coefficient (Wildman–Crippen LogP) is 3.20. The maximum absolute atomic E-state index is 13.7. The fraction of sp³-hybridized carbons (Fsp3) is 0.562. The van der Waals surface area contributed by atoms with Gasteiger partial charge in [0, 0.05) is 6.42 Å². The van der Waals surface area contributed by atoms with E-state index in [0.29, 0.717) is 5.56 Å². The van der Waals surface area contributed by atoms with Gasteiger partial charge in [-0.05, 0) is 50.9 Å². The number of likely N-dealkylation sites (tertiary alicyclic amines) is 1. The van der Waals surface area contributed by atoms with Crippen molar-refractivity contribution in [1.82, 2.24) is 4.90 Å². The zero-order valence-corrected chi connectivity index (χ0v) is 11.8. The molecule has 1 aliphatic rings. The Hall–Kier alpha value is -1.22. The molecule has 1 aliphatic heterocycles. The number of Topliss-reactive ketones (excluding diaryl/α,β-unsaturated/α-hetero) is 1. The summed E-state index contributed by atoms with van der Waals surface area (Å²) in [6.07, 6.45) is 3.28. The maximum atomic E-state index is 13.7. The molecule has 1 aromatic rings. The smallest absolute Gasteiger partial charge is 0.157 e. The third-order valence-corrected chi connectivity index (χ3v) is 4.40. The van der Waals surface area contributed by atoms with Gasteiger partial charge in [-0.2, -0.15) is 0 Å². The number of rotatable bonds is 5. The maximum Gasteiger partial charge on any atom is 0.157 e. The van der Waals surface area contributed by atoms with Crippen molar-refractivity contribution in [2.45, 2.75) is 45.1 Å². The summed E-state index contributed by atoms with van der Waals surface area (Å²) in [5.41, 5.74) is 0.0602. The molecule has 0 radical (unpaired) electrons. The van der Waals surface area contributed by atoms with Crippen LogP contribution in [-0.2, 0) is 11.2 Å². The molecular formula is C16H22FNO. The first kappa shape index (κ1) is 14.2. The van der Waals surface area contributed by atoms with Gasteiger partial charge in [0.15, 0.2) is 5.78 Å². The van der Waals surface area contributed by atoms with Crippen LogP contribution in [0.4, 0.5) is 4.39 Å². The number of carbonyl (C=O) groups excluding carboxylic acids is 1. The lowest BCUT2D eigenvalue weighted by Crippen LogP contribution is -2.51. The Morgan fingerprint density at radius 1 is 1.32 bits per heavy atom. The van der Waals surface area contributed by atoms with E-state index in [9.17, 15) is 9.18 Å². The predicted molar refractivity (Wildman–Crippen MR) is 74.6 cm³/mol. The zero-order chi connectivity index (χ0) is 13.9. The Morgan fingerprint density at radius 2 is 1.95 bits per heavy atom. The Balaban J connectivity index is 2.15. The van der Waals surface area contributed by atoms with Crippen molar-refractivity contribution >= 4 is 5.78 Å². The lowest BCUT2D eigenvalue weighted by molar-refractivity contribution is -0.129. The molecule has 1 fully saturated rings. The topological polar surface area (TPSA) is 20.3 Å². The lowest BCUT2D eigenvalue weighted by Gasteiger charge is -2.36. The number of benzene rings is 1.